The van der Waals surface area contributed by atoms with Crippen molar-refractivity contribution in [2.24, 2.45) is 0 Å². The molecule has 0 amide bonds. The van der Waals surface area contributed by atoms with E-state index in [-0.39, 0.29) is 12.1 Å². The summed E-state index contributed by atoms with van der Waals surface area (Å²) in [5, 5.41) is 20.0. The molecule has 0 saturated heterocycles. The smallest absolute Gasteiger partial charge is 0.137 e. The summed E-state index contributed by atoms with van der Waals surface area (Å²) in [5.41, 5.74) is -0.0939. The molecule has 0 aliphatic carbocycles. The van der Waals surface area contributed by atoms with Crippen LogP contribution in [0, 0.1) is 11.6 Å². The van der Waals surface area contributed by atoms with E-state index < -0.39 is 23.3 Å². The van der Waals surface area contributed by atoms with Crippen molar-refractivity contribution in [1.29, 1.82) is 0 Å². The average Bonchev–Trinajstić information content (AvgIpc) is 3.40. The lowest BCUT2D eigenvalue weighted by atomic mass is 9.86. The van der Waals surface area contributed by atoms with Crippen LogP contribution in [-0.2, 0) is 12.1 Å². The molecule has 4 rings (SSSR count). The number of benzene rings is 1. The van der Waals surface area contributed by atoms with Gasteiger partial charge in [0.25, 0.3) is 0 Å². The van der Waals surface area contributed by atoms with Gasteiger partial charge in [-0.1, -0.05) is 6.07 Å². The minimum atomic E-state index is -1.77. The van der Waals surface area contributed by atoms with Crippen LogP contribution in [0.25, 0.3) is 11.1 Å². The number of hydrogen-bond acceptors (Lipinski definition) is 5. The van der Waals surface area contributed by atoms with Crippen molar-refractivity contribution >= 4 is 0 Å². The molecule has 0 aliphatic rings. The summed E-state index contributed by atoms with van der Waals surface area (Å²) >= 11 is 0. The van der Waals surface area contributed by atoms with Crippen LogP contribution in [0.2, 0.25) is 0 Å². The van der Waals surface area contributed by atoms with Gasteiger partial charge in [0, 0.05) is 35.8 Å². The molecule has 0 unspecified atom stereocenters. The van der Waals surface area contributed by atoms with E-state index in [9.17, 15) is 13.9 Å². The molecule has 4 aromatic rings. The lowest BCUT2D eigenvalue weighted by Crippen LogP contribution is -2.40. The van der Waals surface area contributed by atoms with Crippen molar-refractivity contribution in [1.82, 2.24) is 29.5 Å². The maximum atomic E-state index is 14.6. The van der Waals surface area contributed by atoms with Gasteiger partial charge in [0.05, 0.1) is 18.8 Å². The summed E-state index contributed by atoms with van der Waals surface area (Å²) < 4.78 is 31.0. The van der Waals surface area contributed by atoms with Crippen LogP contribution < -0.4 is 0 Å². The highest BCUT2D eigenvalue weighted by atomic mass is 19.1. The van der Waals surface area contributed by atoms with Gasteiger partial charge < -0.3 is 5.11 Å². The summed E-state index contributed by atoms with van der Waals surface area (Å²) in [7, 11) is 0. The van der Waals surface area contributed by atoms with Gasteiger partial charge in [-0.25, -0.2) is 18.4 Å². The van der Waals surface area contributed by atoms with Crippen molar-refractivity contribution < 1.29 is 13.9 Å². The summed E-state index contributed by atoms with van der Waals surface area (Å²) in [6.45, 7) is 1.62. The molecule has 148 valence electrons. The fourth-order valence-corrected chi connectivity index (χ4v) is 3.31. The van der Waals surface area contributed by atoms with Crippen LogP contribution in [0.1, 0.15) is 18.5 Å². The Hall–Kier alpha value is -3.46. The average molecular weight is 396 g/mol. The molecule has 9 heteroatoms. The van der Waals surface area contributed by atoms with Crippen molar-refractivity contribution in [3.8, 4) is 11.1 Å². The fraction of sp³-hybridized carbons (Fsp3) is 0.200. The summed E-state index contributed by atoms with van der Waals surface area (Å²) in [6.07, 6.45) is 9.50. The first-order chi connectivity index (χ1) is 14.0. The highest BCUT2D eigenvalue weighted by Gasteiger charge is 2.40. The molecule has 3 aromatic heterocycles. The zero-order valence-electron chi connectivity index (χ0n) is 15.5. The van der Waals surface area contributed by atoms with Gasteiger partial charge in [-0.15, -0.1) is 0 Å². The highest BCUT2D eigenvalue weighted by Crippen LogP contribution is 2.37. The van der Waals surface area contributed by atoms with Crippen LogP contribution in [0.4, 0.5) is 8.78 Å². The van der Waals surface area contributed by atoms with Crippen LogP contribution in [0.15, 0.2) is 67.8 Å². The Morgan fingerprint density at radius 2 is 1.86 bits per heavy atom. The zero-order chi connectivity index (χ0) is 20.4. The van der Waals surface area contributed by atoms with Crippen molar-refractivity contribution in [3.63, 3.8) is 0 Å². The van der Waals surface area contributed by atoms with Crippen LogP contribution >= 0.6 is 0 Å². The zero-order valence-corrected chi connectivity index (χ0v) is 15.5. The number of nitrogens with zero attached hydrogens (tertiary/aromatic N) is 6. The van der Waals surface area contributed by atoms with Crippen molar-refractivity contribution in [2.75, 3.05) is 0 Å². The normalized spacial score (nSPS) is 14.5. The second-order valence-electron chi connectivity index (χ2n) is 6.76. The molecule has 3 heterocycles. The maximum absolute atomic E-state index is 14.6. The predicted octanol–water partition coefficient (Wildman–Crippen LogP) is 2.96. The van der Waals surface area contributed by atoms with E-state index in [4.69, 9.17) is 0 Å². The molecule has 29 heavy (non-hydrogen) atoms. The summed E-state index contributed by atoms with van der Waals surface area (Å²) in [6, 6.07) is 6.08. The minimum Gasteiger partial charge on any atom is -0.381 e. The Kier molecular flexibility index (Phi) is 4.89. The third kappa shape index (κ3) is 3.64. The molecule has 2 atom stereocenters. The van der Waals surface area contributed by atoms with Gasteiger partial charge in [0.2, 0.25) is 0 Å². The van der Waals surface area contributed by atoms with E-state index in [0.29, 0.717) is 0 Å². The van der Waals surface area contributed by atoms with Crippen LogP contribution in [0.3, 0.4) is 0 Å². The number of aromatic nitrogens is 6. The minimum absolute atomic E-state index is 0.0529. The van der Waals surface area contributed by atoms with Crippen molar-refractivity contribution in [2.45, 2.75) is 25.1 Å². The third-order valence-corrected chi connectivity index (χ3v) is 4.97. The number of pyridine rings is 1. The van der Waals surface area contributed by atoms with Gasteiger partial charge >= 0.3 is 0 Å². The molecule has 0 fully saturated rings. The monoisotopic (exact) mass is 396 g/mol. The van der Waals surface area contributed by atoms with Gasteiger partial charge in [-0.3, -0.25) is 9.67 Å². The molecule has 1 N–H and O–H groups in total. The largest absolute Gasteiger partial charge is 0.381 e. The Balaban J connectivity index is 1.75. The standard InChI is InChI=1S/C20H18F2N6O/c1-14(28-10-16(9-25-28)15-4-6-23-7-5-15)20(29,11-27-13-24-12-26-27)18-3-2-17(21)8-19(18)22/h2-10,12-14,29H,11H2,1H3/t14-,20-/m1/s1. The molecule has 1 aromatic carbocycles. The van der Waals surface area contributed by atoms with Crippen LogP contribution in [0.5, 0.6) is 0 Å². The summed E-state index contributed by atoms with van der Waals surface area (Å²) in [4.78, 5) is 7.87. The number of rotatable bonds is 6. The van der Waals surface area contributed by atoms with E-state index in [1.54, 1.807) is 36.4 Å². The van der Waals surface area contributed by atoms with E-state index in [2.05, 4.69) is 20.2 Å². The van der Waals surface area contributed by atoms with E-state index in [1.807, 2.05) is 12.1 Å². The molecule has 0 saturated carbocycles. The van der Waals surface area contributed by atoms with Gasteiger partial charge in [-0.05, 0) is 30.7 Å². The Bertz CT molecular complexity index is 1100. The van der Waals surface area contributed by atoms with Gasteiger partial charge in [-0.2, -0.15) is 10.2 Å². The molecule has 0 radical (unpaired) electrons. The Morgan fingerprint density at radius 3 is 2.55 bits per heavy atom. The number of halogens is 2. The molecule has 0 aliphatic heterocycles. The van der Waals surface area contributed by atoms with Gasteiger partial charge in [0.15, 0.2) is 0 Å². The second kappa shape index (κ2) is 7.51. The first kappa shape index (κ1) is 18.9. The second-order valence-corrected chi connectivity index (χ2v) is 6.76. The Labute approximate surface area is 165 Å². The van der Waals surface area contributed by atoms with Crippen LogP contribution in [-0.4, -0.2) is 34.6 Å². The van der Waals surface area contributed by atoms with E-state index in [1.165, 1.54) is 23.4 Å². The third-order valence-electron chi connectivity index (χ3n) is 4.97. The fourth-order valence-electron chi connectivity index (χ4n) is 3.31. The number of hydrogen-bond donors (Lipinski definition) is 1. The molecule has 7 nitrogen and oxygen atoms in total. The SMILES string of the molecule is C[C@@H](n1cc(-c2ccncc2)cn1)[C@](O)(Cn1cncn1)c1ccc(F)cc1F. The Morgan fingerprint density at radius 1 is 1.07 bits per heavy atom. The molecule has 0 bridgehead atoms. The molecule has 0 spiro atoms. The van der Waals surface area contributed by atoms with E-state index >= 15 is 0 Å². The lowest BCUT2D eigenvalue weighted by Gasteiger charge is -2.34. The lowest BCUT2D eigenvalue weighted by molar-refractivity contribution is -0.0368. The number of aliphatic hydroxyl groups is 1. The summed E-state index contributed by atoms with van der Waals surface area (Å²) in [5.74, 6) is -1.57. The quantitative estimate of drug-likeness (QED) is 0.542. The van der Waals surface area contributed by atoms with E-state index in [0.717, 1.165) is 23.3 Å². The van der Waals surface area contributed by atoms with Gasteiger partial charge in [0.1, 0.15) is 29.9 Å². The first-order valence-electron chi connectivity index (χ1n) is 8.92. The first-order valence-corrected chi connectivity index (χ1v) is 8.92. The maximum Gasteiger partial charge on any atom is 0.137 e. The highest BCUT2D eigenvalue weighted by molar-refractivity contribution is 5.60. The van der Waals surface area contributed by atoms with Crippen molar-refractivity contribution in [3.05, 3.63) is 85.0 Å². The topological polar surface area (TPSA) is 81.6 Å². The predicted molar refractivity (Wildman–Crippen MR) is 100 cm³/mol. The molecular weight excluding hydrogens is 378 g/mol. The molecular formula is C20H18F2N6O.